The third-order valence-corrected chi connectivity index (χ3v) is 3.96. The molecular weight excluding hydrogens is 332 g/mol. The number of nitrogens with one attached hydrogen (secondary N) is 2. The molecule has 2 N–H and O–H groups in total. The van der Waals surface area contributed by atoms with Crippen LogP contribution in [0.15, 0.2) is 48.5 Å². The molecule has 2 aromatic carbocycles. The molecule has 2 rings (SSSR count). The summed E-state index contributed by atoms with van der Waals surface area (Å²) in [6.07, 6.45) is 2.36. The first-order valence-electron chi connectivity index (χ1n) is 8.47. The van der Waals surface area contributed by atoms with Crippen molar-refractivity contribution >= 4 is 28.9 Å². The Bertz CT molecular complexity index is 731. The number of anilines is 1. The summed E-state index contributed by atoms with van der Waals surface area (Å²) in [6.45, 7) is 4.76. The number of para-hydroxylation sites is 2. The fourth-order valence-corrected chi connectivity index (χ4v) is 2.55. The Labute approximate surface area is 154 Å². The van der Waals surface area contributed by atoms with Crippen LogP contribution in [0.1, 0.15) is 30.9 Å². The monoisotopic (exact) mass is 356 g/mol. The second kappa shape index (κ2) is 9.79. The molecule has 0 radical (unpaired) electrons. The minimum absolute atomic E-state index is 0.142. The highest BCUT2D eigenvalue weighted by molar-refractivity contribution is 7.80. The van der Waals surface area contributed by atoms with Gasteiger partial charge in [-0.1, -0.05) is 49.7 Å². The topological polar surface area (TPSA) is 50.4 Å². The average Bonchev–Trinajstić information content (AvgIpc) is 2.58. The Morgan fingerprint density at radius 1 is 1.12 bits per heavy atom. The SMILES string of the molecule is CCCCOc1ccccc1NC(=S)NC(=O)Cc1ccccc1C. The minimum atomic E-state index is -0.142. The second-order valence-electron chi connectivity index (χ2n) is 5.80. The number of amides is 1. The van der Waals surface area contributed by atoms with Crippen LogP contribution < -0.4 is 15.4 Å². The normalized spacial score (nSPS) is 10.2. The van der Waals surface area contributed by atoms with E-state index in [9.17, 15) is 4.79 Å². The molecule has 132 valence electrons. The molecule has 0 saturated heterocycles. The van der Waals surface area contributed by atoms with E-state index in [-0.39, 0.29) is 11.0 Å². The highest BCUT2D eigenvalue weighted by atomic mass is 32.1. The van der Waals surface area contributed by atoms with Crippen LogP contribution in [0.5, 0.6) is 5.75 Å². The van der Waals surface area contributed by atoms with E-state index in [1.165, 1.54) is 0 Å². The van der Waals surface area contributed by atoms with E-state index in [0.29, 0.717) is 13.0 Å². The van der Waals surface area contributed by atoms with E-state index in [2.05, 4.69) is 17.6 Å². The quantitative estimate of drug-likeness (QED) is 0.576. The van der Waals surface area contributed by atoms with Gasteiger partial charge in [-0.05, 0) is 48.8 Å². The molecule has 0 aliphatic rings. The Balaban J connectivity index is 1.91. The maximum absolute atomic E-state index is 12.2. The number of ether oxygens (including phenoxy) is 1. The standard InChI is InChI=1S/C20H24N2O2S/c1-3-4-13-24-18-12-8-7-11-17(18)21-20(25)22-19(23)14-16-10-6-5-9-15(16)2/h5-12H,3-4,13-14H2,1-2H3,(H2,21,22,23,25). The van der Waals surface area contributed by atoms with Crippen LogP contribution in [0, 0.1) is 6.92 Å². The molecule has 0 saturated carbocycles. The van der Waals surface area contributed by atoms with Crippen LogP contribution in [-0.4, -0.2) is 17.6 Å². The third kappa shape index (κ3) is 6.19. The predicted octanol–water partition coefficient (Wildman–Crippen LogP) is 4.23. The summed E-state index contributed by atoms with van der Waals surface area (Å²) in [5.41, 5.74) is 2.83. The molecule has 0 bridgehead atoms. The largest absolute Gasteiger partial charge is 0.491 e. The van der Waals surface area contributed by atoms with E-state index in [1.807, 2.05) is 55.5 Å². The Kier molecular flexibility index (Phi) is 7.41. The highest BCUT2D eigenvalue weighted by Gasteiger charge is 2.10. The summed E-state index contributed by atoms with van der Waals surface area (Å²) < 4.78 is 5.76. The number of benzene rings is 2. The van der Waals surface area contributed by atoms with Crippen molar-refractivity contribution in [2.75, 3.05) is 11.9 Å². The summed E-state index contributed by atoms with van der Waals surface area (Å²) in [4.78, 5) is 12.2. The van der Waals surface area contributed by atoms with Gasteiger partial charge in [-0.2, -0.15) is 0 Å². The van der Waals surface area contributed by atoms with Crippen LogP contribution in [0.2, 0.25) is 0 Å². The van der Waals surface area contributed by atoms with E-state index >= 15 is 0 Å². The lowest BCUT2D eigenvalue weighted by Crippen LogP contribution is -2.35. The maximum Gasteiger partial charge on any atom is 0.230 e. The van der Waals surface area contributed by atoms with Gasteiger partial charge in [0.25, 0.3) is 0 Å². The number of unbranched alkanes of at least 4 members (excludes halogenated alkanes) is 1. The summed E-state index contributed by atoms with van der Waals surface area (Å²) in [5.74, 6) is 0.586. The lowest BCUT2D eigenvalue weighted by molar-refractivity contribution is -0.119. The first-order valence-corrected chi connectivity index (χ1v) is 8.88. The van der Waals surface area contributed by atoms with Crippen LogP contribution in [0.4, 0.5) is 5.69 Å². The molecule has 0 aromatic heterocycles. The summed E-state index contributed by atoms with van der Waals surface area (Å²) in [7, 11) is 0. The van der Waals surface area contributed by atoms with Crippen molar-refractivity contribution in [1.82, 2.24) is 5.32 Å². The van der Waals surface area contributed by atoms with Gasteiger partial charge in [-0.25, -0.2) is 0 Å². The summed E-state index contributed by atoms with van der Waals surface area (Å²) in [6, 6.07) is 15.4. The number of carbonyl (C=O) groups excluding carboxylic acids is 1. The van der Waals surface area contributed by atoms with Crippen molar-refractivity contribution in [3.05, 3.63) is 59.7 Å². The van der Waals surface area contributed by atoms with Crippen LogP contribution in [0.25, 0.3) is 0 Å². The van der Waals surface area contributed by atoms with Gasteiger partial charge in [-0.3, -0.25) is 4.79 Å². The molecule has 0 heterocycles. The van der Waals surface area contributed by atoms with Gasteiger partial charge >= 0.3 is 0 Å². The number of hydrogen-bond acceptors (Lipinski definition) is 3. The van der Waals surface area contributed by atoms with Crippen LogP contribution >= 0.6 is 12.2 Å². The Hall–Kier alpha value is -2.40. The smallest absolute Gasteiger partial charge is 0.230 e. The average molecular weight is 356 g/mol. The van der Waals surface area contributed by atoms with E-state index in [1.54, 1.807) is 0 Å². The van der Waals surface area contributed by atoms with E-state index < -0.39 is 0 Å². The van der Waals surface area contributed by atoms with E-state index in [4.69, 9.17) is 17.0 Å². The van der Waals surface area contributed by atoms with Crippen molar-refractivity contribution in [2.24, 2.45) is 0 Å². The zero-order valence-electron chi connectivity index (χ0n) is 14.7. The molecule has 4 nitrogen and oxygen atoms in total. The van der Waals surface area contributed by atoms with Crippen molar-refractivity contribution in [1.29, 1.82) is 0 Å². The van der Waals surface area contributed by atoms with Gasteiger partial charge in [-0.15, -0.1) is 0 Å². The first-order chi connectivity index (χ1) is 12.1. The molecule has 0 aliphatic heterocycles. The lowest BCUT2D eigenvalue weighted by Gasteiger charge is -2.14. The number of thiocarbonyl (C=S) groups is 1. The van der Waals surface area contributed by atoms with Crippen LogP contribution in [-0.2, 0) is 11.2 Å². The van der Waals surface area contributed by atoms with Gasteiger partial charge in [0.2, 0.25) is 5.91 Å². The van der Waals surface area contributed by atoms with Gasteiger partial charge in [0.1, 0.15) is 5.75 Å². The Morgan fingerprint density at radius 3 is 2.60 bits per heavy atom. The molecule has 0 spiro atoms. The molecule has 2 aromatic rings. The fraction of sp³-hybridized carbons (Fsp3) is 0.300. The number of hydrogen-bond donors (Lipinski definition) is 2. The number of rotatable bonds is 7. The van der Waals surface area contributed by atoms with Gasteiger partial charge in [0.05, 0.1) is 18.7 Å². The molecule has 0 aliphatic carbocycles. The molecular formula is C20H24N2O2S. The van der Waals surface area contributed by atoms with Gasteiger partial charge in [0, 0.05) is 0 Å². The number of carbonyl (C=O) groups is 1. The molecule has 1 amide bonds. The number of aryl methyl sites for hydroxylation is 1. The van der Waals surface area contributed by atoms with Crippen molar-refractivity contribution < 1.29 is 9.53 Å². The third-order valence-electron chi connectivity index (χ3n) is 3.76. The van der Waals surface area contributed by atoms with Crippen molar-refractivity contribution in [3.8, 4) is 5.75 Å². The maximum atomic E-state index is 12.2. The minimum Gasteiger partial charge on any atom is -0.491 e. The molecule has 0 fully saturated rings. The molecule has 0 atom stereocenters. The summed E-state index contributed by atoms with van der Waals surface area (Å²) in [5, 5.41) is 6.04. The van der Waals surface area contributed by atoms with E-state index in [0.717, 1.165) is 35.4 Å². The molecule has 0 unspecified atom stereocenters. The van der Waals surface area contributed by atoms with Gasteiger partial charge < -0.3 is 15.4 Å². The van der Waals surface area contributed by atoms with Crippen molar-refractivity contribution in [3.63, 3.8) is 0 Å². The van der Waals surface area contributed by atoms with Crippen LogP contribution in [0.3, 0.4) is 0 Å². The molecule has 25 heavy (non-hydrogen) atoms. The zero-order chi connectivity index (χ0) is 18.1. The lowest BCUT2D eigenvalue weighted by atomic mass is 10.1. The Morgan fingerprint density at radius 2 is 1.84 bits per heavy atom. The highest BCUT2D eigenvalue weighted by Crippen LogP contribution is 2.23. The zero-order valence-corrected chi connectivity index (χ0v) is 15.5. The first kappa shape index (κ1) is 18.9. The second-order valence-corrected chi connectivity index (χ2v) is 6.21. The van der Waals surface area contributed by atoms with Gasteiger partial charge in [0.15, 0.2) is 5.11 Å². The van der Waals surface area contributed by atoms with Crippen molar-refractivity contribution in [2.45, 2.75) is 33.1 Å². The molecule has 5 heteroatoms. The summed E-state index contributed by atoms with van der Waals surface area (Å²) >= 11 is 5.26. The predicted molar refractivity (Wildman–Crippen MR) is 106 cm³/mol. The fourth-order valence-electron chi connectivity index (χ4n) is 2.33.